The number of benzene rings is 1. The number of amides is 1. The highest BCUT2D eigenvalue weighted by atomic mass is 16.5. The summed E-state index contributed by atoms with van der Waals surface area (Å²) in [5.74, 6) is 2.95. The minimum atomic E-state index is -0.0915. The van der Waals surface area contributed by atoms with Gasteiger partial charge in [0.2, 0.25) is 5.91 Å². The number of aryl methyl sites for hydroxylation is 1. The zero-order valence-corrected chi connectivity index (χ0v) is 18.5. The average molecular weight is 425 g/mol. The van der Waals surface area contributed by atoms with Gasteiger partial charge in [0.25, 0.3) is 0 Å². The van der Waals surface area contributed by atoms with Crippen molar-refractivity contribution in [3.05, 3.63) is 47.8 Å². The lowest BCUT2D eigenvalue weighted by atomic mass is 9.95. The molecule has 1 saturated carbocycles. The third kappa shape index (κ3) is 5.12. The molecule has 1 N–H and O–H groups in total. The number of likely N-dealkylation sites (tertiary alicyclic amines) is 1. The molecule has 0 radical (unpaired) electrons. The predicted molar refractivity (Wildman–Crippen MR) is 118 cm³/mol. The Labute approximate surface area is 183 Å². The molecule has 0 spiro atoms. The lowest BCUT2D eigenvalue weighted by Gasteiger charge is -2.32. The molecule has 1 aromatic heterocycles. The van der Waals surface area contributed by atoms with Crippen molar-refractivity contribution in [2.24, 2.45) is 11.8 Å². The van der Waals surface area contributed by atoms with Gasteiger partial charge in [0, 0.05) is 19.6 Å². The highest BCUT2D eigenvalue weighted by Gasteiger charge is 2.28. The summed E-state index contributed by atoms with van der Waals surface area (Å²) in [5, 5.41) is 16.4. The third-order valence-electron chi connectivity index (χ3n) is 6.41. The second-order valence-corrected chi connectivity index (χ2v) is 8.71. The van der Waals surface area contributed by atoms with E-state index in [0.717, 1.165) is 61.7 Å². The van der Waals surface area contributed by atoms with Crippen LogP contribution in [0.5, 0.6) is 5.75 Å². The van der Waals surface area contributed by atoms with Crippen molar-refractivity contribution in [2.75, 3.05) is 26.7 Å². The lowest BCUT2D eigenvalue weighted by Crippen LogP contribution is -2.40. The zero-order valence-electron chi connectivity index (χ0n) is 18.5. The van der Waals surface area contributed by atoms with Crippen LogP contribution in [-0.4, -0.2) is 57.8 Å². The fraction of sp³-hybridized carbons (Fsp3) is 0.565. The number of hydrogen-bond acceptors (Lipinski definition) is 6. The summed E-state index contributed by atoms with van der Waals surface area (Å²) in [5.41, 5.74) is 2.22. The highest BCUT2D eigenvalue weighted by molar-refractivity contribution is 5.87. The summed E-state index contributed by atoms with van der Waals surface area (Å²) >= 11 is 0. The fourth-order valence-corrected chi connectivity index (χ4v) is 4.30. The first kappa shape index (κ1) is 21.5. The van der Waals surface area contributed by atoms with E-state index in [1.54, 1.807) is 7.11 Å². The quantitative estimate of drug-likeness (QED) is 0.623. The smallest absolute Gasteiger partial charge is 0.245 e. The van der Waals surface area contributed by atoms with Crippen molar-refractivity contribution in [3.8, 4) is 5.75 Å². The normalized spacial score (nSPS) is 18.1. The van der Waals surface area contributed by atoms with Crippen LogP contribution in [0.4, 0.5) is 0 Å². The number of piperidine rings is 1. The molecule has 1 saturated heterocycles. The van der Waals surface area contributed by atoms with Crippen molar-refractivity contribution in [3.63, 3.8) is 0 Å². The van der Waals surface area contributed by atoms with Crippen LogP contribution in [0, 0.1) is 18.8 Å². The Morgan fingerprint density at radius 1 is 1.29 bits per heavy atom. The number of nitrogens with zero attached hydrogens (tertiary/aromatic N) is 5. The number of carbonyl (C=O) groups excluding carboxylic acids is 1. The van der Waals surface area contributed by atoms with Crippen LogP contribution in [0.2, 0.25) is 0 Å². The zero-order chi connectivity index (χ0) is 21.8. The van der Waals surface area contributed by atoms with E-state index in [0.29, 0.717) is 11.8 Å². The molecule has 2 aliphatic rings. The fourth-order valence-electron chi connectivity index (χ4n) is 4.30. The number of nitrogens with one attached hydrogen (secondary N) is 1. The Kier molecular flexibility index (Phi) is 6.65. The van der Waals surface area contributed by atoms with Crippen LogP contribution in [0.3, 0.4) is 0 Å². The molecular weight excluding hydrogens is 392 g/mol. The molecule has 2 heterocycles. The third-order valence-corrected chi connectivity index (χ3v) is 6.41. The summed E-state index contributed by atoms with van der Waals surface area (Å²) in [6.45, 7) is 8.93. The summed E-state index contributed by atoms with van der Waals surface area (Å²) in [4.78, 5) is 13.7. The van der Waals surface area contributed by atoms with Gasteiger partial charge in [-0.1, -0.05) is 18.7 Å². The van der Waals surface area contributed by atoms with Crippen molar-refractivity contribution in [1.82, 2.24) is 30.4 Å². The van der Waals surface area contributed by atoms with E-state index in [2.05, 4.69) is 46.5 Å². The van der Waals surface area contributed by atoms with E-state index >= 15 is 0 Å². The molecule has 1 aliphatic carbocycles. The largest absolute Gasteiger partial charge is 0.496 e. The van der Waals surface area contributed by atoms with Crippen LogP contribution in [0.1, 0.15) is 48.7 Å². The first-order valence-corrected chi connectivity index (χ1v) is 11.1. The minimum absolute atomic E-state index is 0.0252. The van der Waals surface area contributed by atoms with Crippen LogP contribution in [0.15, 0.2) is 30.9 Å². The summed E-state index contributed by atoms with van der Waals surface area (Å²) < 4.78 is 7.40. The second-order valence-electron chi connectivity index (χ2n) is 8.71. The number of hydrogen-bond donors (Lipinski definition) is 1. The van der Waals surface area contributed by atoms with Gasteiger partial charge in [-0.05, 0) is 84.7 Å². The predicted octanol–water partition coefficient (Wildman–Crippen LogP) is 2.50. The number of methoxy groups -OCH3 is 1. The summed E-state index contributed by atoms with van der Waals surface area (Å²) in [7, 11) is 1.69. The lowest BCUT2D eigenvalue weighted by molar-refractivity contribution is -0.127. The van der Waals surface area contributed by atoms with E-state index < -0.39 is 0 Å². The number of aromatic nitrogens is 4. The molecule has 166 valence electrons. The van der Waals surface area contributed by atoms with E-state index in [1.165, 1.54) is 18.9 Å². The Morgan fingerprint density at radius 2 is 2.06 bits per heavy atom. The van der Waals surface area contributed by atoms with Gasteiger partial charge in [-0.3, -0.25) is 4.79 Å². The monoisotopic (exact) mass is 424 g/mol. The van der Waals surface area contributed by atoms with Gasteiger partial charge in [-0.25, -0.2) is 4.68 Å². The van der Waals surface area contributed by atoms with Gasteiger partial charge >= 0.3 is 0 Å². The standard InChI is InChI=1S/C23H32N6O2/c1-4-21(30)28-11-9-17(10-12-28)14-24-22(19-7-8-20(31-3)16(2)13-19)23-25-26-27-29(23)15-18-5-6-18/h4,7-8,13,17-18,22,24H,1,5-6,9-12,14-15H2,2-3H3. The molecule has 8 nitrogen and oxygen atoms in total. The Balaban J connectivity index is 1.49. The molecule has 1 aliphatic heterocycles. The Hall–Kier alpha value is -2.74. The van der Waals surface area contributed by atoms with Gasteiger partial charge in [-0.15, -0.1) is 5.10 Å². The van der Waals surface area contributed by atoms with Crippen molar-refractivity contribution in [2.45, 2.75) is 45.2 Å². The molecule has 1 amide bonds. The van der Waals surface area contributed by atoms with E-state index in [1.807, 2.05) is 15.6 Å². The van der Waals surface area contributed by atoms with Crippen LogP contribution in [0.25, 0.3) is 0 Å². The van der Waals surface area contributed by atoms with Gasteiger partial charge < -0.3 is 15.0 Å². The molecule has 1 aromatic carbocycles. The molecule has 8 heteroatoms. The highest BCUT2D eigenvalue weighted by Crippen LogP contribution is 2.32. The molecule has 31 heavy (non-hydrogen) atoms. The maximum absolute atomic E-state index is 11.9. The first-order chi connectivity index (χ1) is 15.1. The Bertz CT molecular complexity index is 915. The van der Waals surface area contributed by atoms with E-state index in [-0.39, 0.29) is 11.9 Å². The van der Waals surface area contributed by atoms with Crippen molar-refractivity contribution >= 4 is 5.91 Å². The molecule has 1 unspecified atom stereocenters. The maximum Gasteiger partial charge on any atom is 0.245 e. The van der Waals surface area contributed by atoms with E-state index in [9.17, 15) is 4.79 Å². The molecule has 4 rings (SSSR count). The topological polar surface area (TPSA) is 85.2 Å². The summed E-state index contributed by atoms with van der Waals surface area (Å²) in [6.07, 6.45) is 5.87. The number of rotatable bonds is 9. The first-order valence-electron chi connectivity index (χ1n) is 11.1. The van der Waals surface area contributed by atoms with Gasteiger partial charge in [0.05, 0.1) is 13.2 Å². The van der Waals surface area contributed by atoms with Crippen molar-refractivity contribution < 1.29 is 9.53 Å². The minimum Gasteiger partial charge on any atom is -0.496 e. The van der Waals surface area contributed by atoms with E-state index in [4.69, 9.17) is 4.74 Å². The van der Waals surface area contributed by atoms with Gasteiger partial charge in [0.1, 0.15) is 5.75 Å². The van der Waals surface area contributed by atoms with Gasteiger partial charge in [-0.2, -0.15) is 0 Å². The number of ether oxygens (including phenoxy) is 1. The molecular formula is C23H32N6O2. The molecule has 2 fully saturated rings. The van der Waals surface area contributed by atoms with Crippen LogP contribution < -0.4 is 10.1 Å². The molecule has 0 bridgehead atoms. The second kappa shape index (κ2) is 9.60. The SMILES string of the molecule is C=CC(=O)N1CCC(CNC(c2ccc(OC)c(C)c2)c2nnnn2CC2CC2)CC1. The van der Waals surface area contributed by atoms with Crippen LogP contribution >= 0.6 is 0 Å². The van der Waals surface area contributed by atoms with Gasteiger partial charge in [0.15, 0.2) is 5.82 Å². The molecule has 2 aromatic rings. The number of carbonyl (C=O) groups is 1. The average Bonchev–Trinajstić information content (AvgIpc) is 3.50. The molecule has 1 atom stereocenters. The summed E-state index contributed by atoms with van der Waals surface area (Å²) in [6, 6.07) is 6.16. The maximum atomic E-state index is 11.9. The number of tetrazole rings is 1. The van der Waals surface area contributed by atoms with Crippen LogP contribution in [-0.2, 0) is 11.3 Å². The van der Waals surface area contributed by atoms with Crippen molar-refractivity contribution in [1.29, 1.82) is 0 Å². The Morgan fingerprint density at radius 3 is 2.71 bits per heavy atom.